The Morgan fingerprint density at radius 3 is 2.62 bits per heavy atom. The Labute approximate surface area is 200 Å². The number of hydrogen-bond acceptors (Lipinski definition) is 5. The van der Waals surface area contributed by atoms with Crippen molar-refractivity contribution in [2.45, 2.75) is 18.8 Å². The van der Waals surface area contributed by atoms with Crippen molar-refractivity contribution in [3.8, 4) is 11.8 Å². The number of benzene rings is 2. The van der Waals surface area contributed by atoms with Crippen LogP contribution in [0.3, 0.4) is 0 Å². The van der Waals surface area contributed by atoms with Gasteiger partial charge in [0.25, 0.3) is 0 Å². The second-order valence-corrected chi connectivity index (χ2v) is 8.89. The molecule has 1 aromatic heterocycles. The van der Waals surface area contributed by atoms with Crippen molar-refractivity contribution < 1.29 is 13.9 Å². The summed E-state index contributed by atoms with van der Waals surface area (Å²) >= 11 is 0. The van der Waals surface area contributed by atoms with E-state index >= 15 is 4.39 Å². The minimum absolute atomic E-state index is 0.0799. The van der Waals surface area contributed by atoms with Crippen molar-refractivity contribution in [2.75, 3.05) is 31.3 Å². The van der Waals surface area contributed by atoms with Gasteiger partial charge < -0.3 is 18.9 Å². The zero-order valence-electron chi connectivity index (χ0n) is 18.7. The molecule has 0 aliphatic carbocycles. The highest BCUT2D eigenvalue weighted by molar-refractivity contribution is 6.56. The first-order valence-electron chi connectivity index (χ1n) is 10.8. The normalized spacial score (nSPS) is 17.3. The molecule has 6 radical (unpaired) electrons. The highest BCUT2D eigenvalue weighted by Gasteiger charge is 2.31. The van der Waals surface area contributed by atoms with Gasteiger partial charge in [-0.25, -0.2) is 9.18 Å². The van der Waals surface area contributed by atoms with Crippen LogP contribution < -0.4 is 10.6 Å². The zero-order valence-corrected chi connectivity index (χ0v) is 18.7. The fourth-order valence-corrected chi connectivity index (χ4v) is 4.26. The van der Waals surface area contributed by atoms with E-state index in [1.54, 1.807) is 4.90 Å². The van der Waals surface area contributed by atoms with Crippen LogP contribution >= 0.6 is 0 Å². The third-order valence-corrected chi connectivity index (χ3v) is 5.98. The molecule has 2 aromatic carbocycles. The topological polar surface area (TPSA) is 56.6 Å². The molecule has 3 heterocycles. The second kappa shape index (κ2) is 8.33. The van der Waals surface area contributed by atoms with E-state index in [1.165, 1.54) is 18.2 Å². The monoisotopic (exact) mass is 449 g/mol. The van der Waals surface area contributed by atoms with Crippen LogP contribution in [0.2, 0.25) is 0 Å². The van der Waals surface area contributed by atoms with E-state index in [-0.39, 0.29) is 22.1 Å². The van der Waals surface area contributed by atoms with Gasteiger partial charge in [0.05, 0.1) is 66.3 Å². The van der Waals surface area contributed by atoms with Gasteiger partial charge in [-0.2, -0.15) is 4.98 Å². The number of rotatable bonds is 2. The molecule has 164 valence electrons. The zero-order chi connectivity index (χ0) is 24.1. The van der Waals surface area contributed by atoms with Gasteiger partial charge in [-0.3, -0.25) is 0 Å². The van der Waals surface area contributed by atoms with Gasteiger partial charge in [0.1, 0.15) is 5.82 Å². The molecule has 6 nitrogen and oxygen atoms in total. The maximum absolute atomic E-state index is 15.2. The smallest absolute Gasteiger partial charge is 0.348 e. The van der Waals surface area contributed by atoms with E-state index in [4.69, 9.17) is 33.0 Å². The van der Waals surface area contributed by atoms with Crippen molar-refractivity contribution >= 4 is 45.9 Å². The SMILES string of the molecule is [B]C([B])([B])n1c(=O)nc(N2CCOCc3c(C#CC4(C)COC4)cccc32)c2c(F)cccc21. The summed E-state index contributed by atoms with van der Waals surface area (Å²) in [6, 6.07) is 9.93. The third kappa shape index (κ3) is 3.93. The van der Waals surface area contributed by atoms with E-state index in [0.717, 1.165) is 21.4 Å². The largest absolute Gasteiger partial charge is 0.378 e. The molecule has 0 unspecified atom stereocenters. The summed E-state index contributed by atoms with van der Waals surface area (Å²) < 4.78 is 27.2. The summed E-state index contributed by atoms with van der Waals surface area (Å²) in [6.45, 7) is 4.23. The van der Waals surface area contributed by atoms with Gasteiger partial charge in [0.15, 0.2) is 5.82 Å². The molecule has 0 atom stereocenters. The molecular formula is C24H19B3FN3O3. The van der Waals surface area contributed by atoms with Crippen molar-refractivity contribution in [1.82, 2.24) is 9.55 Å². The molecular weight excluding hydrogens is 430 g/mol. The predicted octanol–water partition coefficient (Wildman–Crippen LogP) is 1.67. The number of fused-ring (bicyclic) bond motifs is 2. The lowest BCUT2D eigenvalue weighted by atomic mass is 9.49. The summed E-state index contributed by atoms with van der Waals surface area (Å²) in [7, 11) is 17.4. The molecule has 0 spiro atoms. The van der Waals surface area contributed by atoms with Crippen molar-refractivity contribution in [2.24, 2.45) is 5.41 Å². The van der Waals surface area contributed by atoms with Gasteiger partial charge in [0, 0.05) is 23.4 Å². The van der Waals surface area contributed by atoms with E-state index < -0.39 is 16.7 Å². The molecule has 2 aliphatic rings. The molecule has 10 heteroatoms. The maximum Gasteiger partial charge on any atom is 0.348 e. The Morgan fingerprint density at radius 1 is 1.15 bits per heavy atom. The number of aromatic nitrogens is 2. The lowest BCUT2D eigenvalue weighted by Gasteiger charge is -2.32. The second-order valence-electron chi connectivity index (χ2n) is 8.89. The maximum atomic E-state index is 15.2. The van der Waals surface area contributed by atoms with Crippen LogP contribution in [0.5, 0.6) is 0 Å². The van der Waals surface area contributed by atoms with Gasteiger partial charge in [-0.1, -0.05) is 29.2 Å². The lowest BCUT2D eigenvalue weighted by Crippen LogP contribution is -2.44. The van der Waals surface area contributed by atoms with Crippen LogP contribution in [-0.4, -0.2) is 59.5 Å². The summed E-state index contributed by atoms with van der Waals surface area (Å²) in [6.07, 6.45) is 0. The highest BCUT2D eigenvalue weighted by Crippen LogP contribution is 2.36. The Kier molecular flexibility index (Phi) is 5.58. The minimum atomic E-state index is -2.06. The van der Waals surface area contributed by atoms with Gasteiger partial charge in [-0.15, -0.1) is 0 Å². The van der Waals surface area contributed by atoms with Crippen LogP contribution in [0.25, 0.3) is 10.9 Å². The van der Waals surface area contributed by atoms with E-state index in [1.807, 2.05) is 25.1 Å². The molecule has 0 bridgehead atoms. The number of anilines is 2. The number of nitrogens with zero attached hydrogens (tertiary/aromatic N) is 3. The number of halogens is 1. The molecule has 5 rings (SSSR count). The average Bonchev–Trinajstić information content (AvgIpc) is 2.98. The molecule has 1 fully saturated rings. The van der Waals surface area contributed by atoms with Crippen molar-refractivity contribution in [1.29, 1.82) is 0 Å². The van der Waals surface area contributed by atoms with E-state index in [0.29, 0.717) is 33.0 Å². The number of hydrogen-bond donors (Lipinski definition) is 0. The molecule has 0 amide bonds. The van der Waals surface area contributed by atoms with E-state index in [2.05, 4.69) is 16.8 Å². The van der Waals surface area contributed by atoms with Gasteiger partial charge >= 0.3 is 5.69 Å². The van der Waals surface area contributed by atoms with Crippen LogP contribution in [0.15, 0.2) is 41.2 Å². The quantitative estimate of drug-likeness (QED) is 0.441. The van der Waals surface area contributed by atoms with Crippen LogP contribution in [0.4, 0.5) is 15.9 Å². The average molecular weight is 449 g/mol. The molecule has 34 heavy (non-hydrogen) atoms. The fourth-order valence-electron chi connectivity index (χ4n) is 4.26. The van der Waals surface area contributed by atoms with Crippen LogP contribution in [0.1, 0.15) is 18.1 Å². The summed E-state index contributed by atoms with van der Waals surface area (Å²) in [4.78, 5) is 18.9. The first-order chi connectivity index (χ1) is 16.2. The predicted molar refractivity (Wildman–Crippen MR) is 130 cm³/mol. The fraction of sp³-hybridized carbons (Fsp3) is 0.333. The lowest BCUT2D eigenvalue weighted by molar-refractivity contribution is -0.0648. The Balaban J connectivity index is 1.72. The van der Waals surface area contributed by atoms with Gasteiger partial charge in [0.2, 0.25) is 0 Å². The minimum Gasteiger partial charge on any atom is -0.378 e. The number of ether oxygens (including phenoxy) is 2. The Bertz CT molecular complexity index is 1400. The molecule has 3 aromatic rings. The van der Waals surface area contributed by atoms with E-state index in [9.17, 15) is 4.79 Å². The molecule has 2 aliphatic heterocycles. The van der Waals surface area contributed by atoms with Crippen molar-refractivity contribution in [3.05, 3.63) is 63.8 Å². The Morgan fingerprint density at radius 2 is 1.91 bits per heavy atom. The Hall–Kier alpha value is -3.02. The summed E-state index contributed by atoms with van der Waals surface area (Å²) in [5.41, 5.74) is 1.52. The standard InChI is InChI=1S/C24H19B3FN3O3/c1-23(13-34-14-23)9-8-15-4-2-6-18-16(15)12-33-11-10-30(18)21-20-17(28)5-3-7-19(20)31(22(32)29-21)24(25,26)27/h2-7H,10-14H2,1H3. The highest BCUT2D eigenvalue weighted by atomic mass is 19.1. The van der Waals surface area contributed by atoms with Crippen LogP contribution in [0, 0.1) is 23.1 Å². The summed E-state index contributed by atoms with van der Waals surface area (Å²) in [5, 5.41) is -1.98. The first-order valence-corrected chi connectivity index (χ1v) is 10.8. The third-order valence-electron chi connectivity index (χ3n) is 5.98. The first kappa shape index (κ1) is 22.8. The van der Waals surface area contributed by atoms with Crippen LogP contribution in [-0.2, 0) is 21.3 Å². The molecule has 0 N–H and O–H groups in total. The van der Waals surface area contributed by atoms with Gasteiger partial charge in [-0.05, 0) is 31.2 Å². The van der Waals surface area contributed by atoms with Crippen molar-refractivity contribution in [3.63, 3.8) is 0 Å². The molecule has 1 saturated heterocycles. The summed E-state index contributed by atoms with van der Waals surface area (Å²) in [5.74, 6) is 6.10. The molecule has 0 saturated carbocycles.